The Morgan fingerprint density at radius 2 is 2.08 bits per heavy atom. The number of H-pyrrole nitrogens is 1. The van der Waals surface area contributed by atoms with E-state index in [4.69, 9.17) is 4.74 Å². The van der Waals surface area contributed by atoms with Crippen molar-refractivity contribution in [2.45, 2.75) is 6.61 Å². The first-order chi connectivity index (χ1) is 6.45. The number of aromatic amines is 1. The molecule has 0 aliphatic rings. The largest absolute Gasteiger partial charge is 0.459 e. The summed E-state index contributed by atoms with van der Waals surface area (Å²) in [5.74, 6) is 0. The van der Waals surface area contributed by atoms with Gasteiger partial charge in [0.15, 0.2) is 0 Å². The van der Waals surface area contributed by atoms with Crippen LogP contribution in [0.4, 0.5) is 0 Å². The summed E-state index contributed by atoms with van der Waals surface area (Å²) in [7, 11) is 0. The van der Waals surface area contributed by atoms with Gasteiger partial charge in [0.25, 0.3) is 0 Å². The normalized spacial score (nSPS) is 9.85. The zero-order valence-electron chi connectivity index (χ0n) is 6.97. The number of rotatable bonds is 3. The van der Waals surface area contributed by atoms with Crippen LogP contribution in [-0.4, -0.2) is 15.2 Å². The van der Waals surface area contributed by atoms with Crippen molar-refractivity contribution < 1.29 is 4.74 Å². The van der Waals surface area contributed by atoms with E-state index in [0.29, 0.717) is 12.6 Å². The Morgan fingerprint density at radius 3 is 2.77 bits per heavy atom. The van der Waals surface area contributed by atoms with Crippen LogP contribution in [0.15, 0.2) is 36.7 Å². The monoisotopic (exact) mass is 175 g/mol. The van der Waals surface area contributed by atoms with Gasteiger partial charge in [0.2, 0.25) is 0 Å². The fourth-order valence-corrected chi connectivity index (χ4v) is 0.990. The molecule has 0 unspecified atom stereocenters. The van der Waals surface area contributed by atoms with Gasteiger partial charge in [0, 0.05) is 0 Å². The van der Waals surface area contributed by atoms with E-state index in [1.165, 1.54) is 6.33 Å². The van der Waals surface area contributed by atoms with Crippen molar-refractivity contribution in [2.75, 3.05) is 0 Å². The van der Waals surface area contributed by atoms with Crippen molar-refractivity contribution in [3.8, 4) is 6.01 Å². The molecule has 1 aromatic heterocycles. The molecule has 0 spiro atoms. The Balaban J connectivity index is 1.94. The Hall–Kier alpha value is -1.84. The number of ether oxygens (including phenoxy) is 1. The van der Waals surface area contributed by atoms with Gasteiger partial charge in [0.1, 0.15) is 12.9 Å². The molecule has 4 heteroatoms. The molecule has 0 radical (unpaired) electrons. The van der Waals surface area contributed by atoms with E-state index in [1.807, 2.05) is 30.3 Å². The summed E-state index contributed by atoms with van der Waals surface area (Å²) in [5.41, 5.74) is 1.11. The minimum atomic E-state index is 0.448. The summed E-state index contributed by atoms with van der Waals surface area (Å²) >= 11 is 0. The molecule has 1 aromatic carbocycles. The van der Waals surface area contributed by atoms with Gasteiger partial charge >= 0.3 is 6.01 Å². The van der Waals surface area contributed by atoms with Crippen molar-refractivity contribution in [2.24, 2.45) is 0 Å². The maximum Gasteiger partial charge on any atom is 0.312 e. The lowest BCUT2D eigenvalue weighted by atomic mass is 10.2. The van der Waals surface area contributed by atoms with E-state index < -0.39 is 0 Å². The van der Waals surface area contributed by atoms with Crippen molar-refractivity contribution in [1.29, 1.82) is 0 Å². The topological polar surface area (TPSA) is 50.8 Å². The summed E-state index contributed by atoms with van der Waals surface area (Å²) in [6.07, 6.45) is 1.42. The van der Waals surface area contributed by atoms with Crippen molar-refractivity contribution >= 4 is 0 Å². The molecule has 1 heterocycles. The molecule has 2 rings (SSSR count). The van der Waals surface area contributed by atoms with Gasteiger partial charge in [0.05, 0.1) is 0 Å². The van der Waals surface area contributed by atoms with Gasteiger partial charge in [-0.25, -0.2) is 5.10 Å². The molecule has 4 nitrogen and oxygen atoms in total. The minimum absolute atomic E-state index is 0.448. The number of hydrogen-bond acceptors (Lipinski definition) is 3. The molecule has 13 heavy (non-hydrogen) atoms. The smallest absolute Gasteiger partial charge is 0.312 e. The first kappa shape index (κ1) is 7.79. The zero-order chi connectivity index (χ0) is 8.93. The van der Waals surface area contributed by atoms with Crippen molar-refractivity contribution in [1.82, 2.24) is 15.2 Å². The van der Waals surface area contributed by atoms with Gasteiger partial charge in [-0.05, 0) is 5.56 Å². The fourth-order valence-electron chi connectivity index (χ4n) is 0.990. The standard InChI is InChI=1S/C9H9N3O/c1-2-4-8(5-3-1)6-13-9-10-7-11-12-9/h1-5,7H,6H2,(H,10,11,12). The van der Waals surface area contributed by atoms with Crippen LogP contribution in [0.3, 0.4) is 0 Å². The molecule has 1 N–H and O–H groups in total. The molecule has 2 aromatic rings. The van der Waals surface area contributed by atoms with Crippen LogP contribution in [0.1, 0.15) is 5.56 Å². The highest BCUT2D eigenvalue weighted by Gasteiger charge is 1.95. The lowest BCUT2D eigenvalue weighted by Gasteiger charge is -2.00. The molecule has 0 amide bonds. The fraction of sp³-hybridized carbons (Fsp3) is 0.111. The second kappa shape index (κ2) is 3.71. The zero-order valence-corrected chi connectivity index (χ0v) is 6.97. The van der Waals surface area contributed by atoms with Crippen LogP contribution in [0.2, 0.25) is 0 Å². The number of nitrogens with zero attached hydrogens (tertiary/aromatic N) is 2. The minimum Gasteiger partial charge on any atom is -0.459 e. The maximum absolute atomic E-state index is 5.30. The Bertz CT molecular complexity index is 344. The molecule has 0 aliphatic heterocycles. The number of aromatic nitrogens is 3. The van der Waals surface area contributed by atoms with Crippen molar-refractivity contribution in [3.63, 3.8) is 0 Å². The average molecular weight is 175 g/mol. The van der Waals surface area contributed by atoms with Crippen LogP contribution in [0.25, 0.3) is 0 Å². The molecule has 0 fully saturated rings. The molecule has 0 saturated heterocycles. The molecular formula is C9H9N3O. The van der Waals surface area contributed by atoms with Gasteiger partial charge in [-0.2, -0.15) is 10.1 Å². The highest BCUT2D eigenvalue weighted by atomic mass is 16.5. The first-order valence-corrected chi connectivity index (χ1v) is 3.97. The SMILES string of the molecule is c1ccc(COc2ncn[nH]2)cc1. The van der Waals surface area contributed by atoms with Crippen molar-refractivity contribution in [3.05, 3.63) is 42.2 Å². The van der Waals surface area contributed by atoms with Gasteiger partial charge in [-0.15, -0.1) is 0 Å². The number of hydrogen-bond donors (Lipinski definition) is 1. The Kier molecular flexibility index (Phi) is 2.22. The molecule has 66 valence electrons. The lowest BCUT2D eigenvalue weighted by molar-refractivity contribution is 0.282. The third-order valence-corrected chi connectivity index (χ3v) is 1.61. The lowest BCUT2D eigenvalue weighted by Crippen LogP contribution is -1.96. The first-order valence-electron chi connectivity index (χ1n) is 3.97. The third-order valence-electron chi connectivity index (χ3n) is 1.61. The summed E-state index contributed by atoms with van der Waals surface area (Å²) in [5, 5.41) is 6.30. The summed E-state index contributed by atoms with van der Waals surface area (Å²) in [6, 6.07) is 10.4. The van der Waals surface area contributed by atoms with Gasteiger partial charge < -0.3 is 4.74 Å². The quantitative estimate of drug-likeness (QED) is 0.766. The second-order valence-corrected chi connectivity index (χ2v) is 2.56. The van der Waals surface area contributed by atoms with Gasteiger partial charge in [-0.3, -0.25) is 0 Å². The van der Waals surface area contributed by atoms with E-state index in [0.717, 1.165) is 5.56 Å². The van der Waals surface area contributed by atoms with E-state index in [-0.39, 0.29) is 0 Å². The van der Waals surface area contributed by atoms with Crippen LogP contribution in [0.5, 0.6) is 6.01 Å². The summed E-state index contributed by atoms with van der Waals surface area (Å²) < 4.78 is 5.30. The molecule has 0 bridgehead atoms. The summed E-state index contributed by atoms with van der Waals surface area (Å²) in [4.78, 5) is 3.84. The van der Waals surface area contributed by atoms with E-state index in [2.05, 4.69) is 15.2 Å². The van der Waals surface area contributed by atoms with Crippen LogP contribution >= 0.6 is 0 Å². The van der Waals surface area contributed by atoms with Crippen LogP contribution in [-0.2, 0) is 6.61 Å². The predicted octanol–water partition coefficient (Wildman–Crippen LogP) is 1.38. The highest BCUT2D eigenvalue weighted by Crippen LogP contribution is 2.03. The van der Waals surface area contributed by atoms with E-state index in [9.17, 15) is 0 Å². The average Bonchev–Trinajstić information content (AvgIpc) is 2.69. The highest BCUT2D eigenvalue weighted by molar-refractivity contribution is 5.13. The third kappa shape index (κ3) is 2.05. The Morgan fingerprint density at radius 1 is 1.23 bits per heavy atom. The van der Waals surface area contributed by atoms with E-state index >= 15 is 0 Å². The number of nitrogens with one attached hydrogen (secondary N) is 1. The van der Waals surface area contributed by atoms with Gasteiger partial charge in [-0.1, -0.05) is 30.3 Å². The second-order valence-electron chi connectivity index (χ2n) is 2.56. The number of benzene rings is 1. The van der Waals surface area contributed by atoms with E-state index in [1.54, 1.807) is 0 Å². The van der Waals surface area contributed by atoms with Crippen LogP contribution in [0, 0.1) is 0 Å². The summed E-state index contributed by atoms with van der Waals surface area (Å²) in [6.45, 7) is 0.510. The maximum atomic E-state index is 5.30. The van der Waals surface area contributed by atoms with Crippen LogP contribution < -0.4 is 4.74 Å². The molecule has 0 atom stereocenters. The Labute approximate surface area is 75.6 Å². The molecular weight excluding hydrogens is 166 g/mol. The predicted molar refractivity (Wildman–Crippen MR) is 47.2 cm³/mol. The molecule has 0 saturated carbocycles. The molecule has 0 aliphatic carbocycles.